The number of para-hydroxylation sites is 1. The van der Waals surface area contributed by atoms with E-state index in [2.05, 4.69) is 4.98 Å². The number of nitrogen functional groups attached to an aromatic ring is 1. The van der Waals surface area contributed by atoms with Gasteiger partial charge in [-0.05, 0) is 30.0 Å². The van der Waals surface area contributed by atoms with Crippen molar-refractivity contribution in [3.63, 3.8) is 0 Å². The highest BCUT2D eigenvalue weighted by Gasteiger charge is 2.16. The van der Waals surface area contributed by atoms with Gasteiger partial charge >= 0.3 is 0 Å². The zero-order valence-electron chi connectivity index (χ0n) is 10.1. The second kappa shape index (κ2) is 3.81. The molecular weight excluding hydrogens is 249 g/mol. The van der Waals surface area contributed by atoms with Crippen LogP contribution in [0.5, 0.6) is 0 Å². The zero-order valence-corrected chi connectivity index (χ0v) is 10.9. The number of nitrogens with zero attached hydrogens (tertiary/aromatic N) is 2. The molecule has 0 fully saturated rings. The predicted octanol–water partition coefficient (Wildman–Crippen LogP) is 3.33. The Bertz CT molecular complexity index is 742. The van der Waals surface area contributed by atoms with Crippen LogP contribution in [0.1, 0.15) is 5.56 Å². The number of benzene rings is 1. The summed E-state index contributed by atoms with van der Waals surface area (Å²) in [6.45, 7) is 1.96. The third-order valence-electron chi connectivity index (χ3n) is 3.09. The first-order valence-corrected chi connectivity index (χ1v) is 6.42. The molecule has 2 heterocycles. The first kappa shape index (κ1) is 11.2. The Morgan fingerprint density at radius 1 is 1.39 bits per heavy atom. The standard InChI is InChI=1S/C13H12FN3S/c1-7-6-18-12(10(7)15)13-16-11-8(14)4-3-5-9(11)17(13)2/h3-6H,15H2,1-2H3. The van der Waals surface area contributed by atoms with E-state index in [4.69, 9.17) is 5.73 Å². The van der Waals surface area contributed by atoms with Crippen LogP contribution in [0.4, 0.5) is 10.1 Å². The second-order valence-corrected chi connectivity index (χ2v) is 5.14. The Balaban J connectivity index is 2.34. The molecule has 5 heteroatoms. The van der Waals surface area contributed by atoms with Crippen LogP contribution >= 0.6 is 11.3 Å². The molecule has 0 radical (unpaired) electrons. The molecule has 0 unspecified atom stereocenters. The summed E-state index contributed by atoms with van der Waals surface area (Å²) in [5, 5.41) is 1.99. The molecule has 2 aromatic heterocycles. The molecule has 0 aliphatic heterocycles. The summed E-state index contributed by atoms with van der Waals surface area (Å²) in [7, 11) is 1.87. The van der Waals surface area contributed by atoms with Crippen molar-refractivity contribution in [1.82, 2.24) is 9.55 Å². The summed E-state index contributed by atoms with van der Waals surface area (Å²) >= 11 is 1.53. The average molecular weight is 261 g/mol. The number of aryl methyl sites for hydroxylation is 2. The lowest BCUT2D eigenvalue weighted by molar-refractivity contribution is 0.637. The summed E-state index contributed by atoms with van der Waals surface area (Å²) < 4.78 is 15.6. The van der Waals surface area contributed by atoms with Gasteiger partial charge in [0.15, 0.2) is 11.6 Å². The number of fused-ring (bicyclic) bond motifs is 1. The minimum Gasteiger partial charge on any atom is -0.397 e. The van der Waals surface area contributed by atoms with Gasteiger partial charge in [-0.3, -0.25) is 0 Å². The van der Waals surface area contributed by atoms with Gasteiger partial charge in [-0.25, -0.2) is 9.37 Å². The smallest absolute Gasteiger partial charge is 0.153 e. The van der Waals surface area contributed by atoms with E-state index in [-0.39, 0.29) is 5.82 Å². The van der Waals surface area contributed by atoms with Crippen molar-refractivity contribution in [1.29, 1.82) is 0 Å². The van der Waals surface area contributed by atoms with Gasteiger partial charge < -0.3 is 10.3 Å². The molecule has 3 rings (SSSR count). The van der Waals surface area contributed by atoms with Crippen LogP contribution < -0.4 is 5.73 Å². The van der Waals surface area contributed by atoms with Gasteiger partial charge in [0, 0.05) is 7.05 Å². The summed E-state index contributed by atoms with van der Waals surface area (Å²) in [6.07, 6.45) is 0. The highest BCUT2D eigenvalue weighted by Crippen LogP contribution is 2.35. The number of aromatic nitrogens is 2. The molecule has 1 aromatic carbocycles. The average Bonchev–Trinajstić information content (AvgIpc) is 2.84. The third kappa shape index (κ3) is 1.44. The normalized spacial score (nSPS) is 11.3. The Morgan fingerprint density at radius 2 is 2.17 bits per heavy atom. The van der Waals surface area contributed by atoms with Crippen molar-refractivity contribution in [3.05, 3.63) is 35.0 Å². The molecule has 0 bridgehead atoms. The Kier molecular flexibility index (Phi) is 2.38. The Morgan fingerprint density at radius 3 is 2.78 bits per heavy atom. The molecule has 0 atom stereocenters. The maximum atomic E-state index is 13.7. The van der Waals surface area contributed by atoms with Crippen molar-refractivity contribution in [3.8, 4) is 10.7 Å². The number of imidazole rings is 1. The van der Waals surface area contributed by atoms with Gasteiger partial charge in [0.2, 0.25) is 0 Å². The van der Waals surface area contributed by atoms with Gasteiger partial charge in [-0.15, -0.1) is 11.3 Å². The van der Waals surface area contributed by atoms with Gasteiger partial charge in [0.05, 0.1) is 16.1 Å². The lowest BCUT2D eigenvalue weighted by Gasteiger charge is -2.01. The van der Waals surface area contributed by atoms with E-state index in [1.807, 2.05) is 30.0 Å². The van der Waals surface area contributed by atoms with Gasteiger partial charge in [-0.1, -0.05) is 6.07 Å². The van der Waals surface area contributed by atoms with Crippen molar-refractivity contribution in [2.75, 3.05) is 5.73 Å². The molecule has 18 heavy (non-hydrogen) atoms. The minimum atomic E-state index is -0.304. The zero-order chi connectivity index (χ0) is 12.9. The summed E-state index contributed by atoms with van der Waals surface area (Å²) in [5.74, 6) is 0.409. The van der Waals surface area contributed by atoms with E-state index in [1.165, 1.54) is 17.4 Å². The number of hydrogen-bond donors (Lipinski definition) is 1. The lowest BCUT2D eigenvalue weighted by atomic mass is 10.3. The molecule has 2 N–H and O–H groups in total. The van der Waals surface area contributed by atoms with Crippen LogP contribution in [0.25, 0.3) is 21.7 Å². The molecular formula is C13H12FN3S. The minimum absolute atomic E-state index is 0.304. The molecule has 0 saturated carbocycles. The second-order valence-electron chi connectivity index (χ2n) is 4.26. The number of halogens is 1. The molecule has 0 saturated heterocycles. The fraction of sp³-hybridized carbons (Fsp3) is 0.154. The van der Waals surface area contributed by atoms with E-state index in [0.29, 0.717) is 11.3 Å². The number of thiophene rings is 1. The van der Waals surface area contributed by atoms with Crippen molar-refractivity contribution in [2.24, 2.45) is 7.05 Å². The third-order valence-corrected chi connectivity index (χ3v) is 4.20. The van der Waals surface area contributed by atoms with Crippen LogP contribution in [0, 0.1) is 12.7 Å². The van der Waals surface area contributed by atoms with Gasteiger partial charge in [-0.2, -0.15) is 0 Å². The quantitative estimate of drug-likeness (QED) is 0.730. The topological polar surface area (TPSA) is 43.8 Å². The van der Waals surface area contributed by atoms with E-state index < -0.39 is 0 Å². The molecule has 0 aliphatic carbocycles. The Labute approximate surface area is 108 Å². The number of hydrogen-bond acceptors (Lipinski definition) is 3. The monoisotopic (exact) mass is 261 g/mol. The largest absolute Gasteiger partial charge is 0.397 e. The maximum Gasteiger partial charge on any atom is 0.153 e. The fourth-order valence-electron chi connectivity index (χ4n) is 2.01. The first-order valence-electron chi connectivity index (χ1n) is 5.54. The SMILES string of the molecule is Cc1csc(-c2nc3c(F)cccc3n2C)c1N. The summed E-state index contributed by atoms with van der Waals surface area (Å²) in [6, 6.07) is 4.96. The highest BCUT2D eigenvalue weighted by molar-refractivity contribution is 7.14. The number of anilines is 1. The van der Waals surface area contributed by atoms with E-state index in [0.717, 1.165) is 21.6 Å². The van der Waals surface area contributed by atoms with E-state index in [9.17, 15) is 4.39 Å². The lowest BCUT2D eigenvalue weighted by Crippen LogP contribution is -1.94. The van der Waals surface area contributed by atoms with Crippen LogP contribution in [0.2, 0.25) is 0 Å². The summed E-state index contributed by atoms with van der Waals surface area (Å²) in [4.78, 5) is 5.27. The number of nitrogens with two attached hydrogens (primary N) is 1. The summed E-state index contributed by atoms with van der Waals surface area (Å²) in [5.41, 5.74) is 8.94. The Hall–Kier alpha value is -1.88. The highest BCUT2D eigenvalue weighted by atomic mass is 32.1. The van der Waals surface area contributed by atoms with Gasteiger partial charge in [0.25, 0.3) is 0 Å². The number of rotatable bonds is 1. The van der Waals surface area contributed by atoms with Crippen molar-refractivity contribution < 1.29 is 4.39 Å². The molecule has 0 aliphatic rings. The van der Waals surface area contributed by atoms with Crippen LogP contribution in [-0.2, 0) is 7.05 Å². The molecule has 0 amide bonds. The first-order chi connectivity index (χ1) is 8.59. The molecule has 0 spiro atoms. The fourth-order valence-corrected chi connectivity index (χ4v) is 3.01. The van der Waals surface area contributed by atoms with Crippen LogP contribution in [0.3, 0.4) is 0 Å². The van der Waals surface area contributed by atoms with E-state index >= 15 is 0 Å². The van der Waals surface area contributed by atoms with Crippen LogP contribution in [0.15, 0.2) is 23.6 Å². The van der Waals surface area contributed by atoms with Gasteiger partial charge in [0.1, 0.15) is 5.52 Å². The van der Waals surface area contributed by atoms with E-state index in [1.54, 1.807) is 6.07 Å². The van der Waals surface area contributed by atoms with Crippen molar-refractivity contribution >= 4 is 28.1 Å². The molecule has 92 valence electrons. The maximum absolute atomic E-state index is 13.7. The van der Waals surface area contributed by atoms with Crippen molar-refractivity contribution in [2.45, 2.75) is 6.92 Å². The van der Waals surface area contributed by atoms with Crippen LogP contribution in [-0.4, -0.2) is 9.55 Å². The molecule has 3 aromatic rings. The molecule has 3 nitrogen and oxygen atoms in total. The predicted molar refractivity (Wildman–Crippen MR) is 73.1 cm³/mol.